The Kier molecular flexibility index (Phi) is 4.30. The molecular weight excluding hydrogens is 340 g/mol. The number of para-hydroxylation sites is 1. The van der Waals surface area contributed by atoms with Crippen molar-refractivity contribution >= 4 is 17.4 Å². The van der Waals surface area contributed by atoms with Gasteiger partial charge in [0.2, 0.25) is 0 Å². The first kappa shape index (κ1) is 17.1. The third-order valence-corrected chi connectivity index (χ3v) is 4.84. The highest BCUT2D eigenvalue weighted by atomic mass is 16.3. The average molecular weight is 358 g/mol. The number of rotatable bonds is 5. The Morgan fingerprint density at radius 3 is 2.37 bits per heavy atom. The van der Waals surface area contributed by atoms with Crippen LogP contribution in [-0.4, -0.2) is 21.8 Å². The van der Waals surface area contributed by atoms with E-state index in [-0.39, 0.29) is 12.2 Å². The quantitative estimate of drug-likeness (QED) is 0.712. The number of pyridine rings is 1. The highest BCUT2D eigenvalue weighted by Crippen LogP contribution is 2.43. The van der Waals surface area contributed by atoms with Gasteiger partial charge in [0.25, 0.3) is 5.91 Å². The Labute approximate surface area is 156 Å². The molecule has 0 bridgehead atoms. The zero-order chi connectivity index (χ0) is 18.9. The SMILES string of the molecule is O=C(C[C@@]1(O)C(=O)N(Cc2ccccc2)c2ccccc21)c1ccncc1. The molecule has 134 valence electrons. The van der Waals surface area contributed by atoms with Crippen LogP contribution in [0.25, 0.3) is 0 Å². The second kappa shape index (κ2) is 6.78. The minimum atomic E-state index is -1.87. The van der Waals surface area contributed by atoms with Crippen LogP contribution >= 0.6 is 0 Å². The van der Waals surface area contributed by atoms with Crippen molar-refractivity contribution in [3.8, 4) is 0 Å². The topological polar surface area (TPSA) is 70.5 Å². The number of carbonyl (C=O) groups excluding carboxylic acids is 2. The number of anilines is 1. The second-order valence-corrected chi connectivity index (χ2v) is 6.59. The van der Waals surface area contributed by atoms with Crippen molar-refractivity contribution in [2.24, 2.45) is 0 Å². The second-order valence-electron chi connectivity index (χ2n) is 6.59. The number of aliphatic hydroxyl groups is 1. The number of benzene rings is 2. The first-order valence-corrected chi connectivity index (χ1v) is 8.70. The Morgan fingerprint density at radius 2 is 1.63 bits per heavy atom. The third-order valence-electron chi connectivity index (χ3n) is 4.84. The van der Waals surface area contributed by atoms with Crippen LogP contribution in [0.5, 0.6) is 0 Å². The lowest BCUT2D eigenvalue weighted by Gasteiger charge is -2.23. The Morgan fingerprint density at radius 1 is 0.963 bits per heavy atom. The van der Waals surface area contributed by atoms with Crippen LogP contribution < -0.4 is 4.90 Å². The predicted molar refractivity (Wildman–Crippen MR) is 101 cm³/mol. The molecule has 1 aliphatic rings. The number of hydrogen-bond acceptors (Lipinski definition) is 4. The zero-order valence-electron chi connectivity index (χ0n) is 14.6. The number of Topliss-reactive ketones (excluding diaryl/α,β-unsaturated/α-hetero) is 1. The highest BCUT2D eigenvalue weighted by molar-refractivity contribution is 6.10. The number of nitrogens with zero attached hydrogens (tertiary/aromatic N) is 2. The Hall–Kier alpha value is -3.31. The van der Waals surface area contributed by atoms with Gasteiger partial charge < -0.3 is 10.0 Å². The van der Waals surface area contributed by atoms with Gasteiger partial charge in [-0.15, -0.1) is 0 Å². The van der Waals surface area contributed by atoms with E-state index in [4.69, 9.17) is 0 Å². The van der Waals surface area contributed by atoms with Gasteiger partial charge in [-0.2, -0.15) is 0 Å². The zero-order valence-corrected chi connectivity index (χ0v) is 14.6. The van der Waals surface area contributed by atoms with Gasteiger partial charge in [-0.05, 0) is 23.8 Å². The molecule has 0 unspecified atom stereocenters. The molecule has 1 atom stereocenters. The van der Waals surface area contributed by atoms with Crippen LogP contribution in [0.1, 0.15) is 27.9 Å². The maximum Gasteiger partial charge on any atom is 0.264 e. The summed E-state index contributed by atoms with van der Waals surface area (Å²) in [6.07, 6.45) is 2.73. The lowest BCUT2D eigenvalue weighted by molar-refractivity contribution is -0.136. The minimum Gasteiger partial charge on any atom is -0.375 e. The van der Waals surface area contributed by atoms with Crippen LogP contribution in [0, 0.1) is 0 Å². The molecule has 1 N–H and O–H groups in total. The maximum atomic E-state index is 13.2. The fourth-order valence-electron chi connectivity index (χ4n) is 3.47. The maximum absolute atomic E-state index is 13.2. The fourth-order valence-corrected chi connectivity index (χ4v) is 3.47. The standard InChI is InChI=1S/C22H18N2O3/c25-20(17-10-12-23-13-11-17)14-22(27)18-8-4-5-9-19(18)24(21(22)26)15-16-6-2-1-3-7-16/h1-13,27H,14-15H2/t22-/m0/s1. The van der Waals surface area contributed by atoms with Crippen molar-refractivity contribution in [2.45, 2.75) is 18.6 Å². The number of amides is 1. The molecule has 27 heavy (non-hydrogen) atoms. The average Bonchev–Trinajstić information content (AvgIpc) is 2.92. The highest BCUT2D eigenvalue weighted by Gasteiger charge is 2.50. The van der Waals surface area contributed by atoms with Gasteiger partial charge in [0.15, 0.2) is 11.4 Å². The molecule has 0 spiro atoms. The van der Waals surface area contributed by atoms with Gasteiger partial charge in [-0.3, -0.25) is 14.6 Å². The van der Waals surface area contributed by atoms with E-state index in [1.807, 2.05) is 36.4 Å². The number of aromatic nitrogens is 1. The van der Waals surface area contributed by atoms with Crippen molar-refractivity contribution < 1.29 is 14.7 Å². The molecule has 1 amide bonds. The van der Waals surface area contributed by atoms with E-state index in [1.165, 1.54) is 12.4 Å². The summed E-state index contributed by atoms with van der Waals surface area (Å²) >= 11 is 0. The lowest BCUT2D eigenvalue weighted by atomic mass is 9.88. The van der Waals surface area contributed by atoms with E-state index in [2.05, 4.69) is 4.98 Å². The van der Waals surface area contributed by atoms with Crippen molar-refractivity contribution in [1.29, 1.82) is 0 Å². The summed E-state index contributed by atoms with van der Waals surface area (Å²) in [4.78, 5) is 31.3. The lowest BCUT2D eigenvalue weighted by Crippen LogP contribution is -2.41. The molecule has 5 nitrogen and oxygen atoms in total. The molecule has 1 aromatic heterocycles. The van der Waals surface area contributed by atoms with Crippen molar-refractivity contribution in [2.75, 3.05) is 4.90 Å². The van der Waals surface area contributed by atoms with Crippen molar-refractivity contribution in [3.05, 3.63) is 95.8 Å². The Balaban J connectivity index is 1.69. The molecule has 5 heteroatoms. The van der Waals surface area contributed by atoms with E-state index in [0.29, 0.717) is 23.4 Å². The monoisotopic (exact) mass is 358 g/mol. The molecule has 0 saturated heterocycles. The third kappa shape index (κ3) is 3.02. The first-order chi connectivity index (χ1) is 13.1. The number of carbonyl (C=O) groups is 2. The molecule has 0 radical (unpaired) electrons. The van der Waals surface area contributed by atoms with Crippen LogP contribution in [0.4, 0.5) is 5.69 Å². The molecule has 2 aromatic carbocycles. The molecule has 4 rings (SSSR count). The van der Waals surface area contributed by atoms with Gasteiger partial charge in [0.05, 0.1) is 18.7 Å². The predicted octanol–water partition coefficient (Wildman–Crippen LogP) is 3.09. The molecular formula is C22H18N2O3. The van der Waals surface area contributed by atoms with Crippen LogP contribution in [0.15, 0.2) is 79.1 Å². The summed E-state index contributed by atoms with van der Waals surface area (Å²) in [5, 5.41) is 11.3. The smallest absolute Gasteiger partial charge is 0.264 e. The molecule has 1 aliphatic heterocycles. The first-order valence-electron chi connectivity index (χ1n) is 8.70. The van der Waals surface area contributed by atoms with Crippen molar-refractivity contribution in [1.82, 2.24) is 4.98 Å². The van der Waals surface area contributed by atoms with E-state index < -0.39 is 11.5 Å². The molecule has 3 aromatic rings. The van der Waals surface area contributed by atoms with Gasteiger partial charge >= 0.3 is 0 Å². The minimum absolute atomic E-state index is 0.301. The van der Waals surface area contributed by atoms with E-state index in [0.717, 1.165) is 5.56 Å². The Bertz CT molecular complexity index is 989. The molecule has 2 heterocycles. The van der Waals surface area contributed by atoms with Crippen molar-refractivity contribution in [3.63, 3.8) is 0 Å². The van der Waals surface area contributed by atoms with Crippen LogP contribution in [0.2, 0.25) is 0 Å². The molecule has 0 fully saturated rings. The van der Waals surface area contributed by atoms with E-state index >= 15 is 0 Å². The van der Waals surface area contributed by atoms with E-state index in [1.54, 1.807) is 35.2 Å². The summed E-state index contributed by atoms with van der Waals surface area (Å²) in [7, 11) is 0. The normalized spacial score (nSPS) is 18.4. The largest absolute Gasteiger partial charge is 0.375 e. The van der Waals surface area contributed by atoms with Crippen LogP contribution in [0.3, 0.4) is 0 Å². The summed E-state index contributed by atoms with van der Waals surface area (Å²) in [5.74, 6) is -0.778. The van der Waals surface area contributed by atoms with Gasteiger partial charge in [0, 0.05) is 23.5 Å². The summed E-state index contributed by atoms with van der Waals surface area (Å²) in [6, 6.07) is 19.8. The molecule has 0 aliphatic carbocycles. The number of hydrogen-bond donors (Lipinski definition) is 1. The summed E-state index contributed by atoms with van der Waals surface area (Å²) in [6.45, 7) is 0.336. The number of fused-ring (bicyclic) bond motifs is 1. The number of ketones is 1. The fraction of sp³-hybridized carbons (Fsp3) is 0.136. The van der Waals surface area contributed by atoms with Crippen LogP contribution in [-0.2, 0) is 16.9 Å². The summed E-state index contributed by atoms with van der Waals surface area (Å²) < 4.78 is 0. The van der Waals surface area contributed by atoms with E-state index in [9.17, 15) is 14.7 Å². The summed E-state index contributed by atoms with van der Waals surface area (Å²) in [5.41, 5.74) is 0.603. The molecule has 0 saturated carbocycles. The van der Waals surface area contributed by atoms with Gasteiger partial charge in [0.1, 0.15) is 0 Å². The van der Waals surface area contributed by atoms with Gasteiger partial charge in [-0.25, -0.2) is 0 Å². The van der Waals surface area contributed by atoms with Gasteiger partial charge in [-0.1, -0.05) is 48.5 Å².